The molecule has 8 aromatic rings. The van der Waals surface area contributed by atoms with Crippen LogP contribution >= 0.6 is 56.9 Å². The molecule has 2 aromatic carbocycles. The maximum atomic E-state index is 14.7. The number of rotatable bonds is 4. The summed E-state index contributed by atoms with van der Waals surface area (Å²) in [7, 11) is 0. The molecule has 2 aliphatic heterocycles. The summed E-state index contributed by atoms with van der Waals surface area (Å²) in [6.07, 6.45) is 6.95. The summed E-state index contributed by atoms with van der Waals surface area (Å²) in [6.45, 7) is 20.3. The van der Waals surface area contributed by atoms with Gasteiger partial charge in [0.05, 0.1) is 64.6 Å². The van der Waals surface area contributed by atoms with Crippen LogP contribution in [0.1, 0.15) is 79.0 Å². The Labute approximate surface area is 419 Å². The number of anilines is 3. The fourth-order valence-electron chi connectivity index (χ4n) is 7.89. The van der Waals surface area contributed by atoms with Gasteiger partial charge in [-0.1, -0.05) is 23.8 Å². The molecular formula is C50H51ClF2N8O4S4. The van der Waals surface area contributed by atoms with E-state index >= 15 is 0 Å². The maximum absolute atomic E-state index is 14.7. The highest BCUT2D eigenvalue weighted by molar-refractivity contribution is 7.20. The van der Waals surface area contributed by atoms with Gasteiger partial charge in [0, 0.05) is 46.0 Å². The highest BCUT2D eigenvalue weighted by Gasteiger charge is 2.43. The van der Waals surface area contributed by atoms with Crippen molar-refractivity contribution < 1.29 is 27.8 Å². The SMILES string of the molecule is CC(C)(C)OC(=O)N1CC=C(c2cc3c(Cl)ccnc3s2)C1(C)C.CC(C)(C)OC(=O)N1CC=C(c2cc3c(Nc4cc5ncsc5cc4F)ccnc3s2)C1(C)C.Nc1cc2ncsc2cc1F. The number of benzene rings is 2. The Morgan fingerprint density at radius 1 is 0.681 bits per heavy atom. The van der Waals surface area contributed by atoms with E-state index in [9.17, 15) is 18.4 Å². The third-order valence-electron chi connectivity index (χ3n) is 11.3. The van der Waals surface area contributed by atoms with Crippen LogP contribution < -0.4 is 11.1 Å². The number of hydrogen-bond donors (Lipinski definition) is 2. The summed E-state index contributed by atoms with van der Waals surface area (Å²) in [4.78, 5) is 49.9. The van der Waals surface area contributed by atoms with Gasteiger partial charge in [-0.25, -0.2) is 38.3 Å². The Balaban J connectivity index is 0.000000158. The Bertz CT molecular complexity index is 3290. The zero-order valence-corrected chi connectivity index (χ0v) is 43.7. The van der Waals surface area contributed by atoms with Gasteiger partial charge >= 0.3 is 12.2 Å². The number of thiophene rings is 2. The smallest absolute Gasteiger partial charge is 0.411 e. The van der Waals surface area contributed by atoms with Crippen LogP contribution in [0.5, 0.6) is 0 Å². The molecule has 10 rings (SSSR count). The minimum atomic E-state index is -0.561. The number of hydrogen-bond acceptors (Lipinski definition) is 14. The number of nitrogens with one attached hydrogen (secondary N) is 1. The molecule has 3 N–H and O–H groups in total. The normalized spacial score (nSPS) is 15.4. The maximum Gasteiger partial charge on any atom is 0.411 e. The third-order valence-corrected chi connectivity index (χ3v) is 15.4. The summed E-state index contributed by atoms with van der Waals surface area (Å²) >= 11 is 12.2. The van der Waals surface area contributed by atoms with Gasteiger partial charge in [0.15, 0.2) is 0 Å². The number of ether oxygens (including phenoxy) is 2. The monoisotopic (exact) mass is 1030 g/mol. The van der Waals surface area contributed by atoms with E-state index in [1.807, 2.05) is 75.3 Å². The van der Waals surface area contributed by atoms with Crippen LogP contribution in [0.2, 0.25) is 5.02 Å². The molecule has 0 saturated carbocycles. The third kappa shape index (κ3) is 10.5. The second kappa shape index (κ2) is 18.8. The first kappa shape index (κ1) is 49.6. The second-order valence-electron chi connectivity index (χ2n) is 19.3. The van der Waals surface area contributed by atoms with E-state index in [1.54, 1.807) is 74.1 Å². The van der Waals surface area contributed by atoms with Crippen molar-refractivity contribution >= 4 is 138 Å². The average Bonchev–Trinajstić information content (AvgIpc) is 4.11. The van der Waals surface area contributed by atoms with E-state index in [1.165, 1.54) is 34.8 Å². The van der Waals surface area contributed by atoms with Gasteiger partial charge < -0.3 is 20.5 Å². The van der Waals surface area contributed by atoms with E-state index in [-0.39, 0.29) is 29.5 Å². The zero-order chi connectivity index (χ0) is 49.8. The number of halogens is 3. The first-order valence-electron chi connectivity index (χ1n) is 21.8. The molecule has 0 fully saturated rings. The average molecular weight is 1030 g/mol. The summed E-state index contributed by atoms with van der Waals surface area (Å²) in [5, 5.41) is 5.77. The molecule has 6 aromatic heterocycles. The standard InChI is InChI=1S/C25H25FN4O2S2.C18H21ClN2O2S.C7H5FN2S/c1-24(2,3)32-23(31)30-9-7-15(25(30,4)5)20-10-14-17(6-8-27-22(14)34-20)29-18-12-19-21(11-16(18)26)33-13-28-19;1-17(2,3)23-16(22)21-9-7-12(18(21,4)5)14-10-11-13(19)6-8-20-15(11)24-14;8-4-1-7-6(2-5(4)9)10-3-11-7/h6-8,10-13H,9H2,1-5H3,(H,27,29);6-8,10H,9H2,1-5H3;1-3H,9H2. The van der Waals surface area contributed by atoms with E-state index < -0.39 is 22.3 Å². The summed E-state index contributed by atoms with van der Waals surface area (Å²) in [6, 6.07) is 13.9. The largest absolute Gasteiger partial charge is 0.444 e. The van der Waals surface area contributed by atoms with Crippen LogP contribution in [0, 0.1) is 11.6 Å². The number of nitrogens with two attached hydrogens (primary N) is 1. The van der Waals surface area contributed by atoms with Gasteiger partial charge in [0.25, 0.3) is 0 Å². The van der Waals surface area contributed by atoms with Crippen LogP contribution in [0.4, 0.5) is 35.4 Å². The van der Waals surface area contributed by atoms with E-state index in [4.69, 9.17) is 26.8 Å². The Morgan fingerprint density at radius 3 is 1.68 bits per heavy atom. The van der Waals surface area contributed by atoms with Crippen molar-refractivity contribution in [2.24, 2.45) is 0 Å². The highest BCUT2D eigenvalue weighted by Crippen LogP contribution is 2.45. The molecule has 0 atom stereocenters. The molecule has 0 radical (unpaired) electrons. The molecule has 0 aliphatic carbocycles. The van der Waals surface area contributed by atoms with Crippen molar-refractivity contribution in [3.8, 4) is 0 Å². The first-order valence-corrected chi connectivity index (χ1v) is 25.6. The number of fused-ring (bicyclic) bond motifs is 4. The summed E-state index contributed by atoms with van der Waals surface area (Å²) in [5.41, 5.74) is 11.6. The predicted molar refractivity (Wildman–Crippen MR) is 281 cm³/mol. The summed E-state index contributed by atoms with van der Waals surface area (Å²) in [5.74, 6) is -0.702. The Kier molecular flexibility index (Phi) is 13.6. The Hall–Kier alpha value is -5.79. The molecule has 69 heavy (non-hydrogen) atoms. The van der Waals surface area contributed by atoms with E-state index in [0.717, 1.165) is 67.5 Å². The lowest BCUT2D eigenvalue weighted by atomic mass is 9.94. The van der Waals surface area contributed by atoms with Gasteiger partial charge in [-0.15, -0.1) is 45.3 Å². The van der Waals surface area contributed by atoms with E-state index in [2.05, 4.69) is 49.5 Å². The van der Waals surface area contributed by atoms with Crippen LogP contribution in [0.3, 0.4) is 0 Å². The lowest BCUT2D eigenvalue weighted by Crippen LogP contribution is -2.46. The molecule has 360 valence electrons. The molecule has 2 aliphatic rings. The van der Waals surface area contributed by atoms with E-state index in [0.29, 0.717) is 23.8 Å². The zero-order valence-electron chi connectivity index (χ0n) is 39.7. The fourth-order valence-corrected chi connectivity index (χ4v) is 12.0. The van der Waals surface area contributed by atoms with Crippen molar-refractivity contribution in [3.63, 3.8) is 0 Å². The van der Waals surface area contributed by atoms with Crippen molar-refractivity contribution in [3.05, 3.63) is 111 Å². The molecule has 12 nitrogen and oxygen atoms in total. The van der Waals surface area contributed by atoms with Gasteiger partial charge in [-0.2, -0.15) is 0 Å². The lowest BCUT2D eigenvalue weighted by Gasteiger charge is -2.35. The molecule has 0 bridgehead atoms. The molecule has 0 unspecified atom stereocenters. The van der Waals surface area contributed by atoms with Crippen molar-refractivity contribution in [2.45, 2.75) is 91.5 Å². The highest BCUT2D eigenvalue weighted by atomic mass is 35.5. The number of carbonyl (C=O) groups excluding carboxylic acids is 2. The molecule has 2 amide bonds. The van der Waals surface area contributed by atoms with Crippen molar-refractivity contribution in [1.82, 2.24) is 29.7 Å². The first-order chi connectivity index (χ1) is 32.4. The quantitative estimate of drug-likeness (QED) is 0.163. The van der Waals surface area contributed by atoms with Gasteiger partial charge in [-0.05, 0) is 129 Å². The minimum Gasteiger partial charge on any atom is -0.444 e. The summed E-state index contributed by atoms with van der Waals surface area (Å²) < 4.78 is 40.3. The minimum absolute atomic E-state index is 0.156. The molecule has 0 saturated heterocycles. The number of carbonyl (C=O) groups is 2. The predicted octanol–water partition coefficient (Wildman–Crippen LogP) is 14.6. The number of amides is 2. The number of aromatic nitrogens is 4. The van der Waals surface area contributed by atoms with Crippen LogP contribution in [-0.2, 0) is 9.47 Å². The molecule has 8 heterocycles. The molecule has 0 spiro atoms. The number of thiazole rings is 2. The number of pyridine rings is 2. The van der Waals surface area contributed by atoms with Gasteiger partial charge in [0.1, 0.15) is 32.5 Å². The molecular weight excluding hydrogens is 978 g/mol. The number of nitrogen functional groups attached to an aromatic ring is 1. The topological polar surface area (TPSA) is 149 Å². The van der Waals surface area contributed by atoms with Crippen molar-refractivity contribution in [2.75, 3.05) is 24.1 Å². The van der Waals surface area contributed by atoms with Gasteiger partial charge in [-0.3, -0.25) is 9.80 Å². The van der Waals surface area contributed by atoms with Crippen LogP contribution in [0.15, 0.2) is 84.1 Å². The van der Waals surface area contributed by atoms with Gasteiger partial charge in [0.2, 0.25) is 0 Å². The fraction of sp³-hybridized carbons (Fsp3) is 0.320. The number of nitrogens with zero attached hydrogens (tertiary/aromatic N) is 6. The van der Waals surface area contributed by atoms with Crippen molar-refractivity contribution in [1.29, 1.82) is 0 Å². The molecule has 19 heteroatoms. The van der Waals surface area contributed by atoms with Crippen LogP contribution in [0.25, 0.3) is 52.0 Å². The lowest BCUT2D eigenvalue weighted by molar-refractivity contribution is 0.0160. The Morgan fingerprint density at radius 2 is 1.16 bits per heavy atom. The second-order valence-corrected chi connectivity index (χ2v) is 23.6. The van der Waals surface area contributed by atoms with Crippen LogP contribution in [-0.4, -0.2) is 77.3 Å².